The van der Waals surface area contributed by atoms with E-state index >= 15 is 0 Å². The minimum absolute atomic E-state index is 0.0564. The van der Waals surface area contributed by atoms with Crippen molar-refractivity contribution < 1.29 is 9.53 Å². The third-order valence-corrected chi connectivity index (χ3v) is 7.17. The van der Waals surface area contributed by atoms with E-state index < -0.39 is 0 Å². The SMILES string of the molecule is O=C1/C(=C\c2ccc(OCc3ccccc3)c(Br)c2)SC(=Nc2ccccc2)N1Cc1ccccc1. The van der Waals surface area contributed by atoms with Gasteiger partial charge in [-0.3, -0.25) is 9.69 Å². The highest BCUT2D eigenvalue weighted by Crippen LogP contribution is 2.36. The first-order chi connectivity index (χ1) is 17.7. The molecule has 5 rings (SSSR count). The van der Waals surface area contributed by atoms with Gasteiger partial charge in [0.25, 0.3) is 5.91 Å². The Balaban J connectivity index is 1.38. The molecule has 0 unspecified atom stereocenters. The topological polar surface area (TPSA) is 41.9 Å². The number of ether oxygens (including phenoxy) is 1. The summed E-state index contributed by atoms with van der Waals surface area (Å²) in [5, 5.41) is 0.670. The van der Waals surface area contributed by atoms with Crippen molar-refractivity contribution in [2.24, 2.45) is 4.99 Å². The van der Waals surface area contributed by atoms with E-state index in [0.717, 1.165) is 32.6 Å². The van der Waals surface area contributed by atoms with Gasteiger partial charge in [0.05, 0.1) is 21.6 Å². The normalized spacial score (nSPS) is 15.6. The predicted molar refractivity (Wildman–Crippen MR) is 151 cm³/mol. The summed E-state index contributed by atoms with van der Waals surface area (Å²) in [6.07, 6.45) is 1.91. The minimum Gasteiger partial charge on any atom is -0.488 e. The zero-order chi connectivity index (χ0) is 24.7. The van der Waals surface area contributed by atoms with Crippen LogP contribution in [0.15, 0.2) is 124 Å². The largest absolute Gasteiger partial charge is 0.488 e. The lowest BCUT2D eigenvalue weighted by Crippen LogP contribution is -2.28. The van der Waals surface area contributed by atoms with Crippen LogP contribution in [0.1, 0.15) is 16.7 Å². The molecular formula is C30H23BrN2O2S. The molecule has 6 heteroatoms. The number of benzene rings is 4. The molecule has 1 heterocycles. The zero-order valence-corrected chi connectivity index (χ0v) is 21.8. The Hall–Kier alpha value is -3.61. The second-order valence-electron chi connectivity index (χ2n) is 8.18. The van der Waals surface area contributed by atoms with Gasteiger partial charge in [-0.1, -0.05) is 84.9 Å². The van der Waals surface area contributed by atoms with E-state index in [1.807, 2.05) is 115 Å². The van der Waals surface area contributed by atoms with Crippen LogP contribution in [0, 0.1) is 0 Å². The minimum atomic E-state index is -0.0564. The van der Waals surface area contributed by atoms with E-state index in [-0.39, 0.29) is 5.91 Å². The maximum atomic E-state index is 13.4. The van der Waals surface area contributed by atoms with E-state index in [9.17, 15) is 4.79 Å². The number of thioether (sulfide) groups is 1. The summed E-state index contributed by atoms with van der Waals surface area (Å²) in [5.41, 5.74) is 3.88. The van der Waals surface area contributed by atoms with E-state index in [0.29, 0.717) is 23.2 Å². The van der Waals surface area contributed by atoms with Crippen molar-refractivity contribution in [2.75, 3.05) is 0 Å². The Kier molecular flexibility index (Phi) is 7.64. The Morgan fingerprint density at radius 2 is 1.47 bits per heavy atom. The summed E-state index contributed by atoms with van der Waals surface area (Å²) in [5.74, 6) is 0.697. The van der Waals surface area contributed by atoms with Gasteiger partial charge in [0.2, 0.25) is 0 Å². The Bertz CT molecular complexity index is 1410. The molecule has 4 nitrogen and oxygen atoms in total. The third kappa shape index (κ3) is 5.96. The van der Waals surface area contributed by atoms with Gasteiger partial charge < -0.3 is 4.74 Å². The maximum absolute atomic E-state index is 13.4. The smallest absolute Gasteiger partial charge is 0.267 e. The van der Waals surface area contributed by atoms with Crippen LogP contribution < -0.4 is 4.74 Å². The Morgan fingerprint density at radius 3 is 2.14 bits per heavy atom. The fourth-order valence-corrected chi connectivity index (χ4v) is 5.23. The van der Waals surface area contributed by atoms with E-state index in [2.05, 4.69) is 15.9 Å². The summed E-state index contributed by atoms with van der Waals surface area (Å²) < 4.78 is 6.80. The van der Waals surface area contributed by atoms with Crippen LogP contribution in [-0.2, 0) is 17.9 Å². The number of nitrogens with zero attached hydrogens (tertiary/aromatic N) is 2. The molecule has 0 N–H and O–H groups in total. The quantitative estimate of drug-likeness (QED) is 0.218. The van der Waals surface area contributed by atoms with Gasteiger partial charge in [0.15, 0.2) is 5.17 Å². The number of hydrogen-bond donors (Lipinski definition) is 0. The Morgan fingerprint density at radius 1 is 0.833 bits per heavy atom. The molecular weight excluding hydrogens is 532 g/mol. The molecule has 1 saturated heterocycles. The standard InChI is InChI=1S/C30H23BrN2O2S/c31-26-18-24(16-17-27(26)35-21-23-12-6-2-7-13-23)19-28-29(34)33(20-22-10-4-1-5-11-22)30(36-28)32-25-14-8-3-9-15-25/h1-19H,20-21H2/b28-19+,32-30?. The fourth-order valence-electron chi connectivity index (χ4n) is 3.72. The average Bonchev–Trinajstić information content (AvgIpc) is 3.19. The third-order valence-electron chi connectivity index (χ3n) is 5.54. The number of para-hydroxylation sites is 1. The molecule has 1 fully saturated rings. The molecule has 0 radical (unpaired) electrons. The number of hydrogen-bond acceptors (Lipinski definition) is 4. The highest BCUT2D eigenvalue weighted by molar-refractivity contribution is 9.10. The average molecular weight is 555 g/mol. The van der Waals surface area contributed by atoms with Crippen LogP contribution in [0.3, 0.4) is 0 Å². The van der Waals surface area contributed by atoms with E-state index in [4.69, 9.17) is 9.73 Å². The van der Waals surface area contributed by atoms with Crippen molar-refractivity contribution in [2.45, 2.75) is 13.2 Å². The first kappa shape index (κ1) is 24.1. The molecule has 178 valence electrons. The number of amidine groups is 1. The fraction of sp³-hybridized carbons (Fsp3) is 0.0667. The van der Waals surface area contributed by atoms with Gasteiger partial charge in [-0.15, -0.1) is 0 Å². The van der Waals surface area contributed by atoms with Crippen molar-refractivity contribution in [1.82, 2.24) is 4.90 Å². The molecule has 0 aromatic heterocycles. The van der Waals surface area contributed by atoms with E-state index in [1.54, 1.807) is 4.90 Å². The monoisotopic (exact) mass is 554 g/mol. The van der Waals surface area contributed by atoms with Crippen LogP contribution >= 0.6 is 27.7 Å². The lowest BCUT2D eigenvalue weighted by Gasteiger charge is -2.15. The van der Waals surface area contributed by atoms with Crippen LogP contribution in [-0.4, -0.2) is 16.0 Å². The second-order valence-corrected chi connectivity index (χ2v) is 10.0. The highest BCUT2D eigenvalue weighted by Gasteiger charge is 2.33. The van der Waals surface area contributed by atoms with Crippen molar-refractivity contribution in [3.05, 3.63) is 135 Å². The van der Waals surface area contributed by atoms with Crippen molar-refractivity contribution in [3.63, 3.8) is 0 Å². The molecule has 1 amide bonds. The van der Waals surface area contributed by atoms with Crippen molar-refractivity contribution in [3.8, 4) is 5.75 Å². The number of halogens is 1. The van der Waals surface area contributed by atoms with Gasteiger partial charge in [-0.25, -0.2) is 4.99 Å². The van der Waals surface area contributed by atoms with Crippen molar-refractivity contribution >= 4 is 50.5 Å². The van der Waals surface area contributed by atoms with E-state index in [1.165, 1.54) is 11.8 Å². The van der Waals surface area contributed by atoms with Crippen LogP contribution in [0.25, 0.3) is 6.08 Å². The number of carbonyl (C=O) groups is 1. The molecule has 1 aliphatic rings. The predicted octanol–water partition coefficient (Wildman–Crippen LogP) is 7.83. The maximum Gasteiger partial charge on any atom is 0.267 e. The zero-order valence-electron chi connectivity index (χ0n) is 19.4. The highest BCUT2D eigenvalue weighted by atomic mass is 79.9. The van der Waals surface area contributed by atoms with Gasteiger partial charge in [0.1, 0.15) is 12.4 Å². The summed E-state index contributed by atoms with van der Waals surface area (Å²) in [7, 11) is 0. The molecule has 0 spiro atoms. The molecule has 0 bridgehead atoms. The molecule has 1 aliphatic heterocycles. The van der Waals surface area contributed by atoms with Gasteiger partial charge >= 0.3 is 0 Å². The van der Waals surface area contributed by atoms with Crippen LogP contribution in [0.2, 0.25) is 0 Å². The molecule has 4 aromatic rings. The molecule has 0 saturated carbocycles. The van der Waals surface area contributed by atoms with Crippen LogP contribution in [0.4, 0.5) is 5.69 Å². The number of amides is 1. The molecule has 36 heavy (non-hydrogen) atoms. The van der Waals surface area contributed by atoms with Gasteiger partial charge in [0, 0.05) is 0 Å². The lowest BCUT2D eigenvalue weighted by atomic mass is 10.2. The summed E-state index contributed by atoms with van der Waals surface area (Å²) in [6.45, 7) is 0.952. The molecule has 0 atom stereocenters. The van der Waals surface area contributed by atoms with Gasteiger partial charge in [-0.05, 0) is 74.7 Å². The summed E-state index contributed by atoms with van der Waals surface area (Å²) >= 11 is 5.01. The second kappa shape index (κ2) is 11.4. The summed E-state index contributed by atoms with van der Waals surface area (Å²) in [6, 6.07) is 35.6. The number of aliphatic imine (C=N–C) groups is 1. The number of rotatable bonds is 7. The first-order valence-electron chi connectivity index (χ1n) is 11.5. The molecule has 0 aliphatic carbocycles. The summed E-state index contributed by atoms with van der Waals surface area (Å²) in [4.78, 5) is 20.6. The Labute approximate surface area is 223 Å². The van der Waals surface area contributed by atoms with Crippen molar-refractivity contribution in [1.29, 1.82) is 0 Å². The van der Waals surface area contributed by atoms with Gasteiger partial charge in [-0.2, -0.15) is 0 Å². The van der Waals surface area contributed by atoms with Crippen LogP contribution in [0.5, 0.6) is 5.75 Å². The first-order valence-corrected chi connectivity index (χ1v) is 13.1. The number of carbonyl (C=O) groups excluding carboxylic acids is 1. The lowest BCUT2D eigenvalue weighted by molar-refractivity contribution is -0.122. The molecule has 4 aromatic carbocycles.